The van der Waals surface area contributed by atoms with E-state index in [0.717, 1.165) is 4.90 Å². The lowest BCUT2D eigenvalue weighted by molar-refractivity contribution is -0.384. The molecule has 1 aliphatic rings. The lowest BCUT2D eigenvalue weighted by Gasteiger charge is -2.12. The van der Waals surface area contributed by atoms with Crippen LogP contribution in [0.4, 0.5) is 11.4 Å². The zero-order valence-corrected chi connectivity index (χ0v) is 16.3. The maximum Gasteiger partial charge on any atom is 0.273 e. The van der Waals surface area contributed by atoms with Crippen LogP contribution in [0, 0.1) is 10.1 Å². The minimum Gasteiger partial charge on any atom is -0.494 e. The SMILES string of the molecule is COCCCN1C(=O)c2ccc(C(=O)Nc3ccc([N+](=O)[O-])cc3OC)cc2C1=O. The molecule has 10 nitrogen and oxygen atoms in total. The summed E-state index contributed by atoms with van der Waals surface area (Å²) in [7, 11) is 2.86. The molecule has 0 fully saturated rings. The molecule has 0 bridgehead atoms. The molecular formula is C20H19N3O7. The third-order valence-electron chi connectivity index (χ3n) is 4.61. The molecule has 2 aromatic rings. The maximum absolute atomic E-state index is 12.7. The Balaban J connectivity index is 1.81. The van der Waals surface area contributed by atoms with Crippen LogP contribution < -0.4 is 10.1 Å². The first kappa shape index (κ1) is 20.9. The van der Waals surface area contributed by atoms with Gasteiger partial charge in [0.2, 0.25) is 0 Å². The van der Waals surface area contributed by atoms with Gasteiger partial charge in [-0.25, -0.2) is 0 Å². The number of fused-ring (bicyclic) bond motifs is 1. The molecule has 2 aromatic carbocycles. The molecule has 0 aliphatic carbocycles. The van der Waals surface area contributed by atoms with Crippen molar-refractivity contribution in [1.29, 1.82) is 0 Å². The second-order valence-corrected chi connectivity index (χ2v) is 6.46. The number of amides is 3. The maximum atomic E-state index is 12.7. The highest BCUT2D eigenvalue weighted by molar-refractivity contribution is 6.22. The van der Waals surface area contributed by atoms with Crippen molar-refractivity contribution in [2.45, 2.75) is 6.42 Å². The molecule has 3 amide bonds. The fraction of sp³-hybridized carbons (Fsp3) is 0.250. The average molecular weight is 413 g/mol. The fourth-order valence-electron chi connectivity index (χ4n) is 3.09. The fourth-order valence-corrected chi connectivity index (χ4v) is 3.09. The van der Waals surface area contributed by atoms with E-state index in [1.54, 1.807) is 0 Å². The smallest absolute Gasteiger partial charge is 0.273 e. The van der Waals surface area contributed by atoms with Gasteiger partial charge in [0.15, 0.2) is 0 Å². The first-order chi connectivity index (χ1) is 14.4. The summed E-state index contributed by atoms with van der Waals surface area (Å²) in [6.45, 7) is 0.639. The highest BCUT2D eigenvalue weighted by atomic mass is 16.6. The van der Waals surface area contributed by atoms with E-state index < -0.39 is 22.6 Å². The molecule has 0 aromatic heterocycles. The number of nitro groups is 1. The number of nitrogens with one attached hydrogen (secondary N) is 1. The standard InChI is InChI=1S/C20H19N3O7/c1-29-9-3-8-22-19(25)14-6-4-12(10-15(14)20(22)26)18(24)21-16-7-5-13(23(27)28)11-17(16)30-2/h4-7,10-11H,3,8-9H2,1-2H3,(H,21,24). The van der Waals surface area contributed by atoms with Crippen molar-refractivity contribution in [2.75, 3.05) is 32.7 Å². The Morgan fingerprint density at radius 1 is 1.10 bits per heavy atom. The zero-order chi connectivity index (χ0) is 21.8. The molecule has 0 saturated heterocycles. The number of carbonyl (C=O) groups is 3. The number of ether oxygens (including phenoxy) is 2. The average Bonchev–Trinajstić information content (AvgIpc) is 2.98. The van der Waals surface area contributed by atoms with Gasteiger partial charge in [-0.15, -0.1) is 0 Å². The minimum atomic E-state index is -0.574. The molecule has 0 radical (unpaired) electrons. The summed E-state index contributed by atoms with van der Waals surface area (Å²) >= 11 is 0. The van der Waals surface area contributed by atoms with E-state index in [4.69, 9.17) is 9.47 Å². The van der Waals surface area contributed by atoms with Crippen molar-refractivity contribution >= 4 is 29.1 Å². The number of carbonyl (C=O) groups excluding carboxylic acids is 3. The predicted molar refractivity (Wildman–Crippen MR) is 106 cm³/mol. The van der Waals surface area contributed by atoms with Gasteiger partial charge in [0.1, 0.15) is 5.75 Å². The summed E-state index contributed by atoms with van der Waals surface area (Å²) < 4.78 is 10.0. The van der Waals surface area contributed by atoms with Crippen molar-refractivity contribution < 1.29 is 28.8 Å². The molecule has 3 rings (SSSR count). The van der Waals surface area contributed by atoms with Gasteiger partial charge in [-0.1, -0.05) is 0 Å². The van der Waals surface area contributed by atoms with E-state index in [0.29, 0.717) is 13.0 Å². The van der Waals surface area contributed by atoms with Gasteiger partial charge in [-0.2, -0.15) is 0 Å². The largest absolute Gasteiger partial charge is 0.494 e. The number of anilines is 1. The number of nitrogens with zero attached hydrogens (tertiary/aromatic N) is 2. The van der Waals surface area contributed by atoms with Crippen LogP contribution in [0.15, 0.2) is 36.4 Å². The third kappa shape index (κ3) is 3.98. The van der Waals surface area contributed by atoms with E-state index in [9.17, 15) is 24.5 Å². The molecule has 156 valence electrons. The van der Waals surface area contributed by atoms with Crippen LogP contribution in [0.5, 0.6) is 5.75 Å². The summed E-state index contributed by atoms with van der Waals surface area (Å²) in [4.78, 5) is 49.1. The number of rotatable bonds is 8. The van der Waals surface area contributed by atoms with Crippen molar-refractivity contribution in [1.82, 2.24) is 4.90 Å². The van der Waals surface area contributed by atoms with Crippen LogP contribution >= 0.6 is 0 Å². The second kappa shape index (κ2) is 8.70. The van der Waals surface area contributed by atoms with Crippen LogP contribution in [0.25, 0.3) is 0 Å². The Hall–Kier alpha value is -3.79. The van der Waals surface area contributed by atoms with E-state index in [1.165, 1.54) is 50.6 Å². The molecule has 0 spiro atoms. The molecule has 1 heterocycles. The van der Waals surface area contributed by atoms with Gasteiger partial charge in [0.05, 0.1) is 34.9 Å². The molecule has 1 aliphatic heterocycles. The normalized spacial score (nSPS) is 12.7. The second-order valence-electron chi connectivity index (χ2n) is 6.46. The number of imide groups is 1. The highest BCUT2D eigenvalue weighted by Gasteiger charge is 2.35. The molecule has 0 atom stereocenters. The quantitative estimate of drug-likeness (QED) is 0.305. The first-order valence-electron chi connectivity index (χ1n) is 9.00. The van der Waals surface area contributed by atoms with E-state index >= 15 is 0 Å². The van der Waals surface area contributed by atoms with Crippen LogP contribution in [0.2, 0.25) is 0 Å². The summed E-state index contributed by atoms with van der Waals surface area (Å²) in [6, 6.07) is 8.02. The molecular weight excluding hydrogens is 394 g/mol. The van der Waals surface area contributed by atoms with Crippen molar-refractivity contribution in [3.8, 4) is 5.75 Å². The lowest BCUT2D eigenvalue weighted by Crippen LogP contribution is -2.31. The van der Waals surface area contributed by atoms with Crippen LogP contribution in [-0.2, 0) is 4.74 Å². The summed E-state index contributed by atoms with van der Waals surface area (Å²) in [5, 5.41) is 13.5. The molecule has 0 unspecified atom stereocenters. The highest BCUT2D eigenvalue weighted by Crippen LogP contribution is 2.30. The van der Waals surface area contributed by atoms with Crippen molar-refractivity contribution in [2.24, 2.45) is 0 Å². The summed E-state index contributed by atoms with van der Waals surface area (Å²) in [5.41, 5.74) is 0.605. The van der Waals surface area contributed by atoms with E-state index in [-0.39, 0.29) is 40.4 Å². The monoisotopic (exact) mass is 413 g/mol. The Morgan fingerprint density at radius 2 is 1.83 bits per heavy atom. The zero-order valence-electron chi connectivity index (χ0n) is 16.3. The molecule has 30 heavy (non-hydrogen) atoms. The number of non-ortho nitro benzene ring substituents is 1. The van der Waals surface area contributed by atoms with Crippen molar-refractivity contribution in [3.05, 3.63) is 63.2 Å². The van der Waals surface area contributed by atoms with Crippen LogP contribution in [-0.4, -0.2) is 54.9 Å². The Morgan fingerprint density at radius 3 is 2.50 bits per heavy atom. The van der Waals surface area contributed by atoms with Gasteiger partial charge in [0, 0.05) is 31.9 Å². The Kier molecular flexibility index (Phi) is 6.07. The summed E-state index contributed by atoms with van der Waals surface area (Å²) in [5.74, 6) is -1.30. The van der Waals surface area contributed by atoms with Gasteiger partial charge >= 0.3 is 0 Å². The predicted octanol–water partition coefficient (Wildman–Crippen LogP) is 2.49. The third-order valence-corrected chi connectivity index (χ3v) is 4.61. The Labute approximate surface area is 171 Å². The first-order valence-corrected chi connectivity index (χ1v) is 9.00. The molecule has 0 saturated carbocycles. The Bertz CT molecular complexity index is 1040. The van der Waals surface area contributed by atoms with E-state index in [2.05, 4.69) is 5.32 Å². The lowest BCUT2D eigenvalue weighted by atomic mass is 10.1. The number of nitro benzene ring substituents is 1. The minimum absolute atomic E-state index is 0.120. The van der Waals surface area contributed by atoms with Gasteiger partial charge < -0.3 is 14.8 Å². The van der Waals surface area contributed by atoms with Gasteiger partial charge in [-0.3, -0.25) is 29.4 Å². The number of benzene rings is 2. The molecule has 1 N–H and O–H groups in total. The van der Waals surface area contributed by atoms with Crippen molar-refractivity contribution in [3.63, 3.8) is 0 Å². The topological polar surface area (TPSA) is 128 Å². The number of hydrogen-bond donors (Lipinski definition) is 1. The summed E-state index contributed by atoms with van der Waals surface area (Å²) in [6.07, 6.45) is 0.509. The molecule has 10 heteroatoms. The van der Waals surface area contributed by atoms with Gasteiger partial charge in [-0.05, 0) is 30.7 Å². The van der Waals surface area contributed by atoms with Gasteiger partial charge in [0.25, 0.3) is 23.4 Å². The number of hydrogen-bond acceptors (Lipinski definition) is 7. The van der Waals surface area contributed by atoms with Crippen LogP contribution in [0.3, 0.4) is 0 Å². The van der Waals surface area contributed by atoms with Crippen LogP contribution in [0.1, 0.15) is 37.5 Å². The van der Waals surface area contributed by atoms with E-state index in [1.807, 2.05) is 0 Å². The number of methoxy groups -OCH3 is 2.